The van der Waals surface area contributed by atoms with Crippen molar-refractivity contribution in [3.8, 4) is 11.5 Å². The third kappa shape index (κ3) is 9.23. The molecular formula is C30H38N2O5S2. The smallest absolute Gasteiger partial charge is 0.238 e. The van der Waals surface area contributed by atoms with Gasteiger partial charge >= 0.3 is 0 Å². The molecule has 1 heterocycles. The quantitative estimate of drug-likeness (QED) is 0.233. The molecule has 0 unspecified atom stereocenters. The highest BCUT2D eigenvalue weighted by molar-refractivity contribution is 7.92. The van der Waals surface area contributed by atoms with Crippen molar-refractivity contribution in [2.45, 2.75) is 39.7 Å². The molecule has 0 aliphatic heterocycles. The van der Waals surface area contributed by atoms with E-state index >= 15 is 0 Å². The van der Waals surface area contributed by atoms with Gasteiger partial charge in [0.25, 0.3) is 0 Å². The van der Waals surface area contributed by atoms with E-state index in [4.69, 9.17) is 9.47 Å². The van der Waals surface area contributed by atoms with Crippen LogP contribution in [0, 0.1) is 6.92 Å². The molecule has 0 N–H and O–H groups in total. The highest BCUT2D eigenvalue weighted by Crippen LogP contribution is 2.28. The van der Waals surface area contributed by atoms with Gasteiger partial charge in [-0.05, 0) is 61.2 Å². The van der Waals surface area contributed by atoms with Crippen LogP contribution in [0.2, 0.25) is 0 Å². The topological polar surface area (TPSA) is 76.2 Å². The minimum absolute atomic E-state index is 0.211. The summed E-state index contributed by atoms with van der Waals surface area (Å²) in [6.45, 7) is 4.96. The van der Waals surface area contributed by atoms with Crippen molar-refractivity contribution in [3.05, 3.63) is 87.0 Å². The summed E-state index contributed by atoms with van der Waals surface area (Å²) in [6, 6.07) is 19.0. The zero-order valence-corrected chi connectivity index (χ0v) is 24.8. The van der Waals surface area contributed by atoms with Crippen molar-refractivity contribution in [2.24, 2.45) is 0 Å². The molecule has 2 aromatic carbocycles. The molecule has 0 saturated heterocycles. The van der Waals surface area contributed by atoms with Gasteiger partial charge < -0.3 is 14.4 Å². The Morgan fingerprint density at radius 1 is 0.974 bits per heavy atom. The molecule has 1 aromatic heterocycles. The number of unbranched alkanes of at least 4 members (excludes halogenated alkanes) is 1. The number of hydrogen-bond acceptors (Lipinski definition) is 6. The van der Waals surface area contributed by atoms with Crippen molar-refractivity contribution >= 4 is 33.3 Å². The molecule has 0 spiro atoms. The standard InChI is InChI=1S/C30H38N2O5S2/c1-5-6-18-32(39(34,35)20-17-25-10-8-7-9-11-25)23-30(33)31(22-27-14-12-24(2)38-27)19-16-26-13-15-28(36-3)29(21-26)37-4/h7-15,17,20-21H,5-6,16,18-19,22-23H2,1-4H3/b20-17+. The number of thiophene rings is 1. The third-order valence-electron chi connectivity index (χ3n) is 6.28. The summed E-state index contributed by atoms with van der Waals surface area (Å²) in [6.07, 6.45) is 3.65. The fourth-order valence-electron chi connectivity index (χ4n) is 4.05. The van der Waals surface area contributed by atoms with Crippen LogP contribution in [-0.4, -0.2) is 57.4 Å². The molecule has 0 atom stereocenters. The lowest BCUT2D eigenvalue weighted by Gasteiger charge is -2.26. The highest BCUT2D eigenvalue weighted by atomic mass is 32.2. The van der Waals surface area contributed by atoms with Gasteiger partial charge in [0.15, 0.2) is 11.5 Å². The number of aryl methyl sites for hydroxylation is 1. The van der Waals surface area contributed by atoms with Gasteiger partial charge in [0.1, 0.15) is 0 Å². The van der Waals surface area contributed by atoms with Gasteiger partial charge in [0.05, 0.1) is 27.3 Å². The molecule has 210 valence electrons. The largest absolute Gasteiger partial charge is 0.493 e. The minimum Gasteiger partial charge on any atom is -0.493 e. The van der Waals surface area contributed by atoms with Crippen molar-refractivity contribution in [2.75, 3.05) is 33.9 Å². The Bertz CT molecular complexity index is 1340. The number of hydrogen-bond donors (Lipinski definition) is 0. The van der Waals surface area contributed by atoms with E-state index in [9.17, 15) is 13.2 Å². The highest BCUT2D eigenvalue weighted by Gasteiger charge is 2.25. The van der Waals surface area contributed by atoms with Gasteiger partial charge in [-0.2, -0.15) is 4.31 Å². The first-order valence-electron chi connectivity index (χ1n) is 13.0. The summed E-state index contributed by atoms with van der Waals surface area (Å²) in [5.41, 5.74) is 1.78. The minimum atomic E-state index is -3.80. The molecular weight excluding hydrogens is 532 g/mol. The van der Waals surface area contributed by atoms with E-state index in [1.807, 2.05) is 74.5 Å². The van der Waals surface area contributed by atoms with Crippen LogP contribution < -0.4 is 9.47 Å². The molecule has 3 aromatic rings. The predicted molar refractivity (Wildman–Crippen MR) is 159 cm³/mol. The number of sulfonamides is 1. The average Bonchev–Trinajstić information content (AvgIpc) is 3.36. The molecule has 1 amide bonds. The number of rotatable bonds is 15. The first-order valence-corrected chi connectivity index (χ1v) is 15.3. The molecule has 0 saturated carbocycles. The number of carbonyl (C=O) groups is 1. The van der Waals surface area contributed by atoms with E-state index in [0.717, 1.165) is 27.3 Å². The first-order chi connectivity index (χ1) is 18.7. The van der Waals surface area contributed by atoms with Crippen LogP contribution in [0.25, 0.3) is 6.08 Å². The second-order valence-electron chi connectivity index (χ2n) is 9.21. The lowest BCUT2D eigenvalue weighted by molar-refractivity contribution is -0.132. The van der Waals surface area contributed by atoms with E-state index in [1.54, 1.807) is 36.5 Å². The van der Waals surface area contributed by atoms with Gasteiger partial charge in [0.2, 0.25) is 15.9 Å². The number of methoxy groups -OCH3 is 2. The molecule has 7 nitrogen and oxygen atoms in total. The first kappa shape index (κ1) is 30.4. The van der Waals surface area contributed by atoms with Crippen LogP contribution in [0.3, 0.4) is 0 Å². The Hall–Kier alpha value is -3.14. The van der Waals surface area contributed by atoms with Crippen LogP contribution in [0.1, 0.15) is 40.6 Å². The Kier molecular flexibility index (Phi) is 11.6. The summed E-state index contributed by atoms with van der Waals surface area (Å²) in [5.74, 6) is 1.04. The van der Waals surface area contributed by atoms with Gasteiger partial charge in [-0.3, -0.25) is 4.79 Å². The van der Waals surface area contributed by atoms with E-state index in [0.29, 0.717) is 37.4 Å². The molecule has 0 fully saturated rings. The normalized spacial score (nSPS) is 11.7. The van der Waals surface area contributed by atoms with Crippen molar-refractivity contribution < 1.29 is 22.7 Å². The monoisotopic (exact) mass is 570 g/mol. The molecule has 39 heavy (non-hydrogen) atoms. The summed E-state index contributed by atoms with van der Waals surface area (Å²) < 4.78 is 38.6. The fourth-order valence-corrected chi connectivity index (χ4v) is 6.13. The number of ether oxygens (including phenoxy) is 2. The Labute approximate surface area is 236 Å². The second kappa shape index (κ2) is 14.9. The van der Waals surface area contributed by atoms with Crippen LogP contribution >= 0.6 is 11.3 Å². The van der Waals surface area contributed by atoms with Gasteiger partial charge in [-0.1, -0.05) is 49.7 Å². The Morgan fingerprint density at radius 2 is 1.72 bits per heavy atom. The lowest BCUT2D eigenvalue weighted by atomic mass is 10.1. The van der Waals surface area contributed by atoms with E-state index in [2.05, 4.69) is 0 Å². The van der Waals surface area contributed by atoms with Gasteiger partial charge in [0, 0.05) is 28.3 Å². The van der Waals surface area contributed by atoms with E-state index in [1.165, 1.54) is 9.71 Å². The lowest BCUT2D eigenvalue weighted by Crippen LogP contribution is -2.43. The molecule has 0 aliphatic rings. The van der Waals surface area contributed by atoms with Crippen molar-refractivity contribution in [1.29, 1.82) is 0 Å². The van der Waals surface area contributed by atoms with Crippen LogP contribution in [0.4, 0.5) is 0 Å². The zero-order valence-electron chi connectivity index (χ0n) is 23.1. The average molecular weight is 571 g/mol. The summed E-state index contributed by atoms with van der Waals surface area (Å²) in [7, 11) is -0.613. The number of carbonyl (C=O) groups excluding carboxylic acids is 1. The fraction of sp³-hybridized carbons (Fsp3) is 0.367. The van der Waals surface area contributed by atoms with E-state index < -0.39 is 10.0 Å². The molecule has 9 heteroatoms. The SMILES string of the molecule is CCCCN(CC(=O)N(CCc1ccc(OC)c(OC)c1)Cc1ccc(C)s1)S(=O)(=O)/C=C/c1ccccc1. The molecule has 0 aliphatic carbocycles. The summed E-state index contributed by atoms with van der Waals surface area (Å²) in [4.78, 5) is 17.6. The van der Waals surface area contributed by atoms with Crippen molar-refractivity contribution in [1.82, 2.24) is 9.21 Å². The number of benzene rings is 2. The Morgan fingerprint density at radius 3 is 2.36 bits per heavy atom. The van der Waals surface area contributed by atoms with Crippen LogP contribution in [0.15, 0.2) is 66.1 Å². The summed E-state index contributed by atoms with van der Waals surface area (Å²) in [5, 5.41) is 1.20. The maximum atomic E-state index is 13.6. The molecule has 3 rings (SSSR count). The maximum Gasteiger partial charge on any atom is 0.238 e. The van der Waals surface area contributed by atoms with Crippen molar-refractivity contribution in [3.63, 3.8) is 0 Å². The van der Waals surface area contributed by atoms with Gasteiger partial charge in [-0.15, -0.1) is 11.3 Å². The van der Waals surface area contributed by atoms with Crippen LogP contribution in [-0.2, 0) is 27.8 Å². The maximum absolute atomic E-state index is 13.6. The third-order valence-corrected chi connectivity index (χ3v) is 8.78. The molecule has 0 radical (unpaired) electrons. The zero-order chi connectivity index (χ0) is 28.3. The van der Waals surface area contributed by atoms with Gasteiger partial charge in [-0.25, -0.2) is 8.42 Å². The summed E-state index contributed by atoms with van der Waals surface area (Å²) >= 11 is 1.64. The predicted octanol–water partition coefficient (Wildman–Crippen LogP) is 5.75. The number of amides is 1. The van der Waals surface area contributed by atoms with Crippen LogP contribution in [0.5, 0.6) is 11.5 Å². The second-order valence-corrected chi connectivity index (χ2v) is 12.4. The Balaban J connectivity index is 1.80. The van der Waals surface area contributed by atoms with E-state index in [-0.39, 0.29) is 19.0 Å². The molecule has 0 bridgehead atoms. The number of nitrogens with zero attached hydrogens (tertiary/aromatic N) is 2.